The number of carbonyl (C=O) groups excluding carboxylic acids is 2. The second-order valence-electron chi connectivity index (χ2n) is 10.1. The molecule has 1 fully saturated rings. The third kappa shape index (κ3) is 5.23. The number of nitrogens with one attached hydrogen (secondary N) is 1. The van der Waals surface area contributed by atoms with Gasteiger partial charge in [-0.1, -0.05) is 43.5 Å². The van der Waals surface area contributed by atoms with Gasteiger partial charge in [-0.15, -0.1) is 0 Å². The number of methoxy groups -OCH3 is 1. The molecule has 2 heterocycles. The Morgan fingerprint density at radius 2 is 1.60 bits per heavy atom. The van der Waals surface area contributed by atoms with Crippen molar-refractivity contribution in [3.05, 3.63) is 72.3 Å². The fraction of sp³-hybridized carbons (Fsp3) is 0.355. The smallest absolute Gasteiger partial charge is 0.272 e. The lowest BCUT2D eigenvalue weighted by Gasteiger charge is -2.36. The highest BCUT2D eigenvalue weighted by atomic mass is 16.7. The van der Waals surface area contributed by atoms with E-state index in [1.165, 1.54) is 4.90 Å². The van der Waals surface area contributed by atoms with Crippen LogP contribution in [0.3, 0.4) is 0 Å². The van der Waals surface area contributed by atoms with E-state index >= 15 is 0 Å². The number of hydrogen-bond acceptors (Lipinski definition) is 7. The maximum Gasteiger partial charge on any atom is 0.272 e. The summed E-state index contributed by atoms with van der Waals surface area (Å²) in [5.41, 5.74) is 1.12. The number of rotatable bonds is 7. The van der Waals surface area contributed by atoms with Crippen LogP contribution in [0.2, 0.25) is 0 Å². The zero-order chi connectivity index (χ0) is 27.5. The molecule has 1 N–H and O–H groups in total. The molecule has 0 spiro atoms. The average molecular weight is 545 g/mol. The third-order valence-corrected chi connectivity index (χ3v) is 7.55. The number of anilines is 1. The first kappa shape index (κ1) is 25.9. The van der Waals surface area contributed by atoms with Crippen molar-refractivity contribution in [2.45, 2.75) is 50.3 Å². The summed E-state index contributed by atoms with van der Waals surface area (Å²) in [7, 11) is 1.59. The van der Waals surface area contributed by atoms with E-state index < -0.39 is 18.1 Å². The molecule has 2 amide bonds. The fourth-order valence-electron chi connectivity index (χ4n) is 5.47. The second-order valence-corrected chi connectivity index (χ2v) is 10.1. The number of benzene rings is 3. The molecule has 0 radical (unpaired) electrons. The van der Waals surface area contributed by atoms with Gasteiger partial charge in [-0.3, -0.25) is 14.5 Å². The first-order valence-corrected chi connectivity index (χ1v) is 13.7. The number of fused-ring (bicyclic) bond motifs is 2. The summed E-state index contributed by atoms with van der Waals surface area (Å²) in [5, 5.41) is 3.23. The average Bonchev–Trinajstić information content (AvgIpc) is 3.48. The Labute approximate surface area is 232 Å². The lowest BCUT2D eigenvalue weighted by molar-refractivity contribution is -0.132. The quantitative estimate of drug-likeness (QED) is 0.457. The number of para-hydroxylation sites is 2. The molecule has 208 valence electrons. The number of nitrogens with zero attached hydrogens (tertiary/aromatic N) is 1. The number of carbonyl (C=O) groups is 2. The molecule has 1 aliphatic carbocycles. The van der Waals surface area contributed by atoms with E-state index in [4.69, 9.17) is 23.7 Å². The molecule has 40 heavy (non-hydrogen) atoms. The predicted octanol–water partition coefficient (Wildman–Crippen LogP) is 4.79. The van der Waals surface area contributed by atoms with Crippen LogP contribution < -0.4 is 33.9 Å². The molecule has 2 aliphatic heterocycles. The topological polar surface area (TPSA) is 95.6 Å². The Bertz CT molecular complexity index is 1370. The normalized spacial score (nSPS) is 18.5. The molecule has 6 rings (SSSR count). The predicted molar refractivity (Wildman–Crippen MR) is 147 cm³/mol. The van der Waals surface area contributed by atoms with E-state index in [9.17, 15) is 9.59 Å². The minimum absolute atomic E-state index is 0.0104. The van der Waals surface area contributed by atoms with E-state index in [0.29, 0.717) is 40.0 Å². The summed E-state index contributed by atoms with van der Waals surface area (Å²) in [5.74, 6) is 2.11. The van der Waals surface area contributed by atoms with E-state index in [-0.39, 0.29) is 25.3 Å². The van der Waals surface area contributed by atoms with Crippen LogP contribution >= 0.6 is 0 Å². The van der Waals surface area contributed by atoms with Crippen molar-refractivity contribution in [1.29, 1.82) is 0 Å². The lowest BCUT2D eigenvalue weighted by Crippen LogP contribution is -2.52. The molecule has 2 atom stereocenters. The first-order chi connectivity index (χ1) is 19.6. The lowest BCUT2D eigenvalue weighted by atomic mass is 9.94. The van der Waals surface area contributed by atoms with Gasteiger partial charge in [0.15, 0.2) is 23.0 Å². The summed E-state index contributed by atoms with van der Waals surface area (Å²) in [6.45, 7) is 0.101. The van der Waals surface area contributed by atoms with Gasteiger partial charge in [-0.2, -0.15) is 0 Å². The SMILES string of the molecule is COc1ccc([C@H](C(=O)NC2CCCCC2)N(C(=O)[C@H]2COc3ccccc3O2)c2ccc3c(c2)OCO3)cc1. The third-order valence-electron chi connectivity index (χ3n) is 7.55. The number of ether oxygens (including phenoxy) is 5. The molecule has 3 aromatic carbocycles. The van der Waals surface area contributed by atoms with Crippen molar-refractivity contribution in [1.82, 2.24) is 5.32 Å². The molecule has 9 heteroatoms. The Morgan fingerprint density at radius 1 is 0.875 bits per heavy atom. The zero-order valence-electron chi connectivity index (χ0n) is 22.3. The van der Waals surface area contributed by atoms with Crippen LogP contribution in [-0.4, -0.2) is 44.5 Å². The van der Waals surface area contributed by atoms with Crippen LogP contribution in [0.1, 0.15) is 43.7 Å². The van der Waals surface area contributed by atoms with Crippen molar-refractivity contribution >= 4 is 17.5 Å². The van der Waals surface area contributed by atoms with Crippen molar-refractivity contribution in [3.63, 3.8) is 0 Å². The van der Waals surface area contributed by atoms with Gasteiger partial charge < -0.3 is 29.0 Å². The van der Waals surface area contributed by atoms with Gasteiger partial charge in [0, 0.05) is 17.8 Å². The largest absolute Gasteiger partial charge is 0.497 e. The summed E-state index contributed by atoms with van der Waals surface area (Å²) >= 11 is 0. The van der Waals surface area contributed by atoms with Gasteiger partial charge in [0.25, 0.3) is 5.91 Å². The molecule has 0 unspecified atom stereocenters. The Kier molecular flexibility index (Phi) is 7.35. The van der Waals surface area contributed by atoms with Crippen molar-refractivity contribution < 1.29 is 33.3 Å². The minimum atomic E-state index is -0.985. The Morgan fingerprint density at radius 3 is 2.38 bits per heavy atom. The van der Waals surface area contributed by atoms with Gasteiger partial charge >= 0.3 is 0 Å². The van der Waals surface area contributed by atoms with Crippen molar-refractivity contribution in [2.24, 2.45) is 0 Å². The van der Waals surface area contributed by atoms with Crippen LogP contribution in [0.15, 0.2) is 66.7 Å². The van der Waals surface area contributed by atoms with Crippen molar-refractivity contribution in [2.75, 3.05) is 25.4 Å². The highest BCUT2D eigenvalue weighted by molar-refractivity contribution is 6.04. The standard InChI is InChI=1S/C31H32N2O7/c1-36-23-14-11-20(12-15-23)29(30(34)32-21-7-3-2-4-8-21)33(22-13-16-25-27(17-22)39-19-38-25)31(35)28-18-37-24-9-5-6-10-26(24)40-28/h5-6,9-17,21,28-29H,2-4,7-8,18-19H2,1H3,(H,32,34)/t28-,29-/m1/s1. The summed E-state index contributed by atoms with van der Waals surface area (Å²) in [6.07, 6.45) is 4.15. The maximum absolute atomic E-state index is 14.4. The van der Waals surface area contributed by atoms with Crippen LogP contribution in [0.25, 0.3) is 0 Å². The zero-order valence-corrected chi connectivity index (χ0v) is 22.3. The van der Waals surface area contributed by atoms with Gasteiger partial charge in [-0.25, -0.2) is 0 Å². The molecule has 0 saturated heterocycles. The molecule has 9 nitrogen and oxygen atoms in total. The van der Waals surface area contributed by atoms with Crippen LogP contribution in [0.4, 0.5) is 5.69 Å². The van der Waals surface area contributed by atoms with E-state index in [2.05, 4.69) is 5.32 Å². The number of hydrogen-bond donors (Lipinski definition) is 1. The molecule has 0 bridgehead atoms. The Hall–Kier alpha value is -4.40. The molecular formula is C31H32N2O7. The van der Waals surface area contributed by atoms with Crippen LogP contribution in [0.5, 0.6) is 28.7 Å². The van der Waals surface area contributed by atoms with Gasteiger partial charge in [0.05, 0.1) is 7.11 Å². The van der Waals surface area contributed by atoms with E-state index in [1.54, 1.807) is 49.6 Å². The van der Waals surface area contributed by atoms with E-state index in [1.807, 2.05) is 24.3 Å². The summed E-state index contributed by atoms with van der Waals surface area (Å²) in [6, 6.07) is 18.7. The van der Waals surface area contributed by atoms with Gasteiger partial charge in [0.1, 0.15) is 18.4 Å². The minimum Gasteiger partial charge on any atom is -0.497 e. The van der Waals surface area contributed by atoms with Crippen LogP contribution in [-0.2, 0) is 9.59 Å². The fourth-order valence-corrected chi connectivity index (χ4v) is 5.47. The molecular weight excluding hydrogens is 512 g/mol. The highest BCUT2D eigenvalue weighted by Gasteiger charge is 2.40. The molecule has 0 aromatic heterocycles. The van der Waals surface area contributed by atoms with Gasteiger partial charge in [-0.05, 0) is 54.8 Å². The highest BCUT2D eigenvalue weighted by Crippen LogP contribution is 2.40. The summed E-state index contributed by atoms with van der Waals surface area (Å²) < 4.78 is 28.5. The van der Waals surface area contributed by atoms with Crippen molar-refractivity contribution in [3.8, 4) is 28.7 Å². The molecule has 3 aromatic rings. The first-order valence-electron chi connectivity index (χ1n) is 13.7. The van der Waals surface area contributed by atoms with Crippen LogP contribution in [0, 0.1) is 0 Å². The monoisotopic (exact) mass is 544 g/mol. The summed E-state index contributed by atoms with van der Waals surface area (Å²) in [4.78, 5) is 30.0. The molecule has 3 aliphatic rings. The number of amides is 2. The Balaban J connectivity index is 1.41. The maximum atomic E-state index is 14.4. The van der Waals surface area contributed by atoms with E-state index in [0.717, 1.165) is 32.1 Å². The van der Waals surface area contributed by atoms with Gasteiger partial charge in [0.2, 0.25) is 18.8 Å². The second kappa shape index (κ2) is 11.4. The molecule has 1 saturated carbocycles.